The molecule has 0 amide bonds. The molecule has 118 valence electrons. The number of unbranched alkanes of at least 4 members (excludes halogenated alkanes) is 1. The third kappa shape index (κ3) is 8.19. The van der Waals surface area contributed by atoms with E-state index < -0.39 is 12.3 Å². The summed E-state index contributed by atoms with van der Waals surface area (Å²) >= 11 is 0. The Morgan fingerprint density at radius 2 is 1.86 bits per heavy atom. The first kappa shape index (κ1) is 17.3. The molecule has 1 aromatic rings. The minimum atomic E-state index is -4.68. The van der Waals surface area contributed by atoms with Crippen LogP contribution < -0.4 is 4.74 Å². The first-order chi connectivity index (χ1) is 9.76. The van der Waals surface area contributed by atoms with Gasteiger partial charge >= 0.3 is 12.3 Å². The van der Waals surface area contributed by atoms with Crippen molar-refractivity contribution in [2.24, 2.45) is 0 Å². The van der Waals surface area contributed by atoms with Gasteiger partial charge in [0.05, 0.1) is 0 Å². The molecule has 0 aliphatic rings. The summed E-state index contributed by atoms with van der Waals surface area (Å²) in [5, 5.41) is 8.51. The van der Waals surface area contributed by atoms with E-state index in [2.05, 4.69) is 4.74 Å². The molecule has 0 saturated carbocycles. The van der Waals surface area contributed by atoms with Gasteiger partial charge in [0.1, 0.15) is 5.75 Å². The van der Waals surface area contributed by atoms with Crippen LogP contribution in [0.1, 0.15) is 24.8 Å². The number of nitrogens with zero attached hydrogens (tertiary/aromatic N) is 1. The highest BCUT2D eigenvalue weighted by Gasteiger charge is 2.30. The Labute approximate surface area is 121 Å². The van der Waals surface area contributed by atoms with Gasteiger partial charge in [-0.3, -0.25) is 4.79 Å². The quantitative estimate of drug-likeness (QED) is 0.749. The smallest absolute Gasteiger partial charge is 0.481 e. The molecule has 1 rings (SSSR count). The molecule has 1 N–H and O–H groups in total. The van der Waals surface area contributed by atoms with Gasteiger partial charge in [-0.1, -0.05) is 12.1 Å². The van der Waals surface area contributed by atoms with Crippen LogP contribution in [0.25, 0.3) is 0 Å². The molecule has 0 heterocycles. The van der Waals surface area contributed by atoms with Crippen molar-refractivity contribution in [1.29, 1.82) is 0 Å². The van der Waals surface area contributed by atoms with Crippen molar-refractivity contribution >= 4 is 5.97 Å². The number of rotatable bonds is 8. The highest BCUT2D eigenvalue weighted by atomic mass is 19.4. The lowest BCUT2D eigenvalue weighted by molar-refractivity contribution is -0.274. The maximum Gasteiger partial charge on any atom is 0.573 e. The van der Waals surface area contributed by atoms with Crippen LogP contribution in [0.5, 0.6) is 5.75 Å². The summed E-state index contributed by atoms with van der Waals surface area (Å²) in [7, 11) is 1.88. The molecule has 0 saturated heterocycles. The van der Waals surface area contributed by atoms with E-state index in [0.717, 1.165) is 18.5 Å². The molecule has 0 aliphatic heterocycles. The van der Waals surface area contributed by atoms with Crippen molar-refractivity contribution in [2.45, 2.75) is 32.2 Å². The van der Waals surface area contributed by atoms with Crippen LogP contribution in [0.4, 0.5) is 13.2 Å². The predicted molar refractivity (Wildman–Crippen MR) is 70.9 cm³/mol. The second-order valence-corrected chi connectivity index (χ2v) is 4.78. The molecule has 0 bridgehead atoms. The Bertz CT molecular complexity index is 446. The van der Waals surface area contributed by atoms with Crippen LogP contribution in [0.3, 0.4) is 0 Å². The molecular weight excluding hydrogens is 287 g/mol. The molecule has 0 spiro atoms. The van der Waals surface area contributed by atoms with Gasteiger partial charge in [-0.2, -0.15) is 0 Å². The minimum Gasteiger partial charge on any atom is -0.481 e. The lowest BCUT2D eigenvalue weighted by Gasteiger charge is -2.16. The molecular formula is C14H18F3NO3. The Morgan fingerprint density at radius 3 is 2.38 bits per heavy atom. The fourth-order valence-electron chi connectivity index (χ4n) is 1.85. The number of hydrogen-bond donors (Lipinski definition) is 1. The second kappa shape index (κ2) is 7.87. The number of aliphatic carboxylic acids is 1. The SMILES string of the molecule is CN(CCCCC(=O)O)Cc1ccc(OC(F)(F)F)cc1. The van der Waals surface area contributed by atoms with Crippen LogP contribution in [-0.4, -0.2) is 35.9 Å². The summed E-state index contributed by atoms with van der Waals surface area (Å²) in [6.07, 6.45) is -3.16. The molecule has 4 nitrogen and oxygen atoms in total. The van der Waals surface area contributed by atoms with E-state index in [1.54, 1.807) is 12.1 Å². The fourth-order valence-corrected chi connectivity index (χ4v) is 1.85. The zero-order valence-corrected chi connectivity index (χ0v) is 11.7. The van der Waals surface area contributed by atoms with Gasteiger partial charge in [-0.05, 0) is 44.1 Å². The number of carboxylic acid groups (broad SMARTS) is 1. The third-order valence-corrected chi connectivity index (χ3v) is 2.79. The lowest BCUT2D eigenvalue weighted by Crippen LogP contribution is -2.19. The van der Waals surface area contributed by atoms with E-state index >= 15 is 0 Å². The first-order valence-electron chi connectivity index (χ1n) is 6.51. The highest BCUT2D eigenvalue weighted by molar-refractivity contribution is 5.66. The van der Waals surface area contributed by atoms with E-state index in [9.17, 15) is 18.0 Å². The largest absolute Gasteiger partial charge is 0.573 e. The molecule has 0 fully saturated rings. The molecule has 7 heteroatoms. The van der Waals surface area contributed by atoms with Gasteiger partial charge < -0.3 is 14.7 Å². The molecule has 21 heavy (non-hydrogen) atoms. The number of benzene rings is 1. The van der Waals surface area contributed by atoms with E-state index in [-0.39, 0.29) is 12.2 Å². The van der Waals surface area contributed by atoms with Crippen LogP contribution in [-0.2, 0) is 11.3 Å². The molecule has 0 unspecified atom stereocenters. The molecule has 0 radical (unpaired) electrons. The summed E-state index contributed by atoms with van der Waals surface area (Å²) in [5.41, 5.74) is 0.866. The number of ether oxygens (including phenoxy) is 1. The van der Waals surface area contributed by atoms with Crippen molar-refractivity contribution in [3.8, 4) is 5.75 Å². The maximum atomic E-state index is 12.0. The predicted octanol–water partition coefficient (Wildman–Crippen LogP) is 3.27. The Morgan fingerprint density at radius 1 is 1.24 bits per heavy atom. The Hall–Kier alpha value is -1.76. The maximum absolute atomic E-state index is 12.0. The van der Waals surface area contributed by atoms with E-state index in [4.69, 9.17) is 5.11 Å². The molecule has 0 aromatic heterocycles. The number of carboxylic acids is 1. The molecule has 0 atom stereocenters. The fraction of sp³-hybridized carbons (Fsp3) is 0.500. The average Bonchev–Trinajstić information content (AvgIpc) is 2.35. The zero-order chi connectivity index (χ0) is 15.9. The van der Waals surface area contributed by atoms with E-state index in [1.807, 2.05) is 11.9 Å². The number of carbonyl (C=O) groups is 1. The van der Waals surface area contributed by atoms with Crippen LogP contribution in [0.15, 0.2) is 24.3 Å². The summed E-state index contributed by atoms with van der Waals surface area (Å²) in [4.78, 5) is 12.3. The molecule has 0 aliphatic carbocycles. The second-order valence-electron chi connectivity index (χ2n) is 4.78. The van der Waals surface area contributed by atoms with Gasteiger partial charge in [0, 0.05) is 13.0 Å². The summed E-state index contributed by atoms with van der Waals surface area (Å²) in [5.74, 6) is -1.05. The Balaban J connectivity index is 2.35. The van der Waals surface area contributed by atoms with Gasteiger partial charge in [-0.15, -0.1) is 13.2 Å². The van der Waals surface area contributed by atoms with Crippen LogP contribution in [0.2, 0.25) is 0 Å². The van der Waals surface area contributed by atoms with E-state index in [0.29, 0.717) is 13.0 Å². The number of halogens is 3. The van der Waals surface area contributed by atoms with Crippen molar-refractivity contribution in [3.05, 3.63) is 29.8 Å². The summed E-state index contributed by atoms with van der Waals surface area (Å²) in [6.45, 7) is 1.31. The van der Waals surface area contributed by atoms with Crippen LogP contribution >= 0.6 is 0 Å². The minimum absolute atomic E-state index is 0.150. The standard InChI is InChI=1S/C14H18F3NO3/c1-18(9-3-2-4-13(19)20)10-11-5-7-12(8-6-11)21-14(15,16)17/h5-8H,2-4,9-10H2,1H3,(H,19,20). The topological polar surface area (TPSA) is 49.8 Å². The van der Waals surface area contributed by atoms with Gasteiger partial charge in [-0.25, -0.2) is 0 Å². The number of hydrogen-bond acceptors (Lipinski definition) is 3. The Kier molecular flexibility index (Phi) is 6.48. The van der Waals surface area contributed by atoms with Crippen molar-refractivity contribution < 1.29 is 27.8 Å². The van der Waals surface area contributed by atoms with Crippen LogP contribution in [0, 0.1) is 0 Å². The van der Waals surface area contributed by atoms with Gasteiger partial charge in [0.15, 0.2) is 0 Å². The lowest BCUT2D eigenvalue weighted by atomic mass is 10.2. The summed E-state index contributed by atoms with van der Waals surface area (Å²) < 4.78 is 39.8. The van der Waals surface area contributed by atoms with E-state index in [1.165, 1.54) is 12.1 Å². The summed E-state index contributed by atoms with van der Waals surface area (Å²) in [6, 6.07) is 5.71. The monoisotopic (exact) mass is 305 g/mol. The van der Waals surface area contributed by atoms with Crippen molar-refractivity contribution in [1.82, 2.24) is 4.90 Å². The third-order valence-electron chi connectivity index (χ3n) is 2.79. The normalized spacial score (nSPS) is 11.7. The first-order valence-corrected chi connectivity index (χ1v) is 6.51. The highest BCUT2D eigenvalue weighted by Crippen LogP contribution is 2.22. The van der Waals surface area contributed by atoms with Crippen molar-refractivity contribution in [2.75, 3.05) is 13.6 Å². The average molecular weight is 305 g/mol. The van der Waals surface area contributed by atoms with Gasteiger partial charge in [0.2, 0.25) is 0 Å². The van der Waals surface area contributed by atoms with Gasteiger partial charge in [0.25, 0.3) is 0 Å². The van der Waals surface area contributed by atoms with Crippen molar-refractivity contribution in [3.63, 3.8) is 0 Å². The number of alkyl halides is 3. The zero-order valence-electron chi connectivity index (χ0n) is 11.7. The molecule has 1 aromatic carbocycles.